The quantitative estimate of drug-likeness (QED) is 0.403. The van der Waals surface area contributed by atoms with Crippen LogP contribution in [0.4, 0.5) is 5.82 Å². The van der Waals surface area contributed by atoms with Crippen molar-refractivity contribution in [1.29, 1.82) is 0 Å². The van der Waals surface area contributed by atoms with Crippen molar-refractivity contribution < 1.29 is 4.79 Å². The molecule has 7 heteroatoms. The van der Waals surface area contributed by atoms with Crippen LogP contribution in [0.3, 0.4) is 0 Å². The van der Waals surface area contributed by atoms with Gasteiger partial charge in [-0.05, 0) is 24.6 Å². The van der Waals surface area contributed by atoms with Crippen LogP contribution in [-0.2, 0) is 0 Å². The molecule has 0 unspecified atom stereocenters. The molecule has 1 amide bonds. The topological polar surface area (TPSA) is 92.7 Å². The third-order valence-corrected chi connectivity index (χ3v) is 5.39. The minimum Gasteiger partial charge on any atom is -0.306 e. The highest BCUT2D eigenvalue weighted by molar-refractivity contribution is 6.10. The van der Waals surface area contributed by atoms with Crippen molar-refractivity contribution in [3.05, 3.63) is 119 Å². The Labute approximate surface area is 195 Å². The number of aromatic amines is 1. The number of anilines is 1. The first-order valence-electron chi connectivity index (χ1n) is 10.8. The van der Waals surface area contributed by atoms with E-state index < -0.39 is 11.5 Å². The van der Waals surface area contributed by atoms with E-state index in [0.29, 0.717) is 17.1 Å². The van der Waals surface area contributed by atoms with Gasteiger partial charge in [0.1, 0.15) is 11.4 Å². The fraction of sp³-hybridized carbons (Fsp3) is 0.0370. The molecule has 0 aliphatic carbocycles. The summed E-state index contributed by atoms with van der Waals surface area (Å²) < 4.78 is 1.64. The van der Waals surface area contributed by atoms with Crippen LogP contribution in [0.1, 0.15) is 16.1 Å². The normalized spacial score (nSPS) is 10.7. The zero-order valence-corrected chi connectivity index (χ0v) is 18.4. The number of hydrogen-bond acceptors (Lipinski definition) is 4. The fourth-order valence-electron chi connectivity index (χ4n) is 3.89. The molecule has 5 rings (SSSR count). The first-order chi connectivity index (χ1) is 16.6. The van der Waals surface area contributed by atoms with Gasteiger partial charge in [0, 0.05) is 17.2 Å². The van der Waals surface area contributed by atoms with E-state index in [9.17, 15) is 9.59 Å². The van der Waals surface area contributed by atoms with E-state index in [1.807, 2.05) is 97.9 Å². The van der Waals surface area contributed by atoms with Gasteiger partial charge in [0.25, 0.3) is 11.5 Å². The molecule has 2 N–H and O–H groups in total. The third kappa shape index (κ3) is 4.02. The van der Waals surface area contributed by atoms with Crippen molar-refractivity contribution in [2.24, 2.45) is 0 Å². The number of carbonyl (C=O) groups excluding carboxylic acids is 1. The second-order valence-corrected chi connectivity index (χ2v) is 7.76. The summed E-state index contributed by atoms with van der Waals surface area (Å²) >= 11 is 0. The van der Waals surface area contributed by atoms with Gasteiger partial charge >= 0.3 is 0 Å². The number of aromatic nitrogens is 4. The maximum absolute atomic E-state index is 13.6. The minimum atomic E-state index is -0.571. The van der Waals surface area contributed by atoms with E-state index in [1.165, 1.54) is 0 Å². The lowest BCUT2D eigenvalue weighted by atomic mass is 9.95. The summed E-state index contributed by atoms with van der Waals surface area (Å²) in [5.74, 6) is -0.0815. The van der Waals surface area contributed by atoms with Crippen LogP contribution in [0.25, 0.3) is 28.1 Å². The summed E-state index contributed by atoms with van der Waals surface area (Å²) in [6.07, 6.45) is 0. The highest BCUT2D eigenvalue weighted by Gasteiger charge is 2.24. The lowest BCUT2D eigenvalue weighted by molar-refractivity contribution is 0.102. The number of amides is 1. The van der Waals surface area contributed by atoms with Gasteiger partial charge in [-0.25, -0.2) is 9.78 Å². The second-order valence-electron chi connectivity index (χ2n) is 7.76. The number of H-pyrrole nitrogens is 1. The Balaban J connectivity index is 1.65. The number of hydrogen-bond donors (Lipinski definition) is 2. The molecule has 0 bridgehead atoms. The fourth-order valence-corrected chi connectivity index (χ4v) is 3.89. The lowest BCUT2D eigenvalue weighted by Crippen LogP contribution is -2.27. The molecule has 2 aromatic heterocycles. The van der Waals surface area contributed by atoms with Gasteiger partial charge in [0.2, 0.25) is 0 Å². The van der Waals surface area contributed by atoms with Crippen LogP contribution in [0.5, 0.6) is 0 Å². The average molecular weight is 447 g/mol. The van der Waals surface area contributed by atoms with E-state index in [1.54, 1.807) is 10.7 Å². The molecular weight excluding hydrogens is 426 g/mol. The molecule has 5 aromatic rings. The van der Waals surface area contributed by atoms with Crippen molar-refractivity contribution >= 4 is 11.7 Å². The number of benzene rings is 3. The van der Waals surface area contributed by atoms with Crippen LogP contribution >= 0.6 is 0 Å². The van der Waals surface area contributed by atoms with E-state index in [2.05, 4.69) is 20.6 Å². The Hall–Kier alpha value is -4.78. The second kappa shape index (κ2) is 8.99. The number of nitrogens with one attached hydrogen (secondary N) is 2. The molecule has 3 aromatic carbocycles. The molecule has 2 heterocycles. The van der Waals surface area contributed by atoms with Gasteiger partial charge < -0.3 is 5.32 Å². The highest BCUT2D eigenvalue weighted by Crippen LogP contribution is 2.32. The van der Waals surface area contributed by atoms with Crippen molar-refractivity contribution in [2.75, 3.05) is 5.32 Å². The summed E-state index contributed by atoms with van der Waals surface area (Å²) in [5, 5.41) is 14.2. The Bertz CT molecular complexity index is 1510. The molecule has 0 aliphatic rings. The number of nitrogens with zero attached hydrogens (tertiary/aromatic N) is 3. The van der Waals surface area contributed by atoms with Crippen molar-refractivity contribution in [2.45, 2.75) is 6.92 Å². The van der Waals surface area contributed by atoms with Crippen LogP contribution in [0, 0.1) is 6.92 Å². The molecule has 166 valence electrons. The molecule has 0 saturated carbocycles. The van der Waals surface area contributed by atoms with Crippen LogP contribution < -0.4 is 10.9 Å². The molecule has 0 fully saturated rings. The minimum absolute atomic E-state index is 0.0153. The van der Waals surface area contributed by atoms with E-state index in [-0.39, 0.29) is 5.56 Å². The number of rotatable bonds is 5. The predicted octanol–water partition coefficient (Wildman–Crippen LogP) is 4.85. The Kier molecular flexibility index (Phi) is 5.58. The number of aryl methyl sites for hydroxylation is 1. The first kappa shape index (κ1) is 21.1. The van der Waals surface area contributed by atoms with Gasteiger partial charge in [0.15, 0.2) is 0 Å². The molecule has 0 atom stereocenters. The van der Waals surface area contributed by atoms with E-state index >= 15 is 0 Å². The van der Waals surface area contributed by atoms with Crippen molar-refractivity contribution in [1.82, 2.24) is 20.0 Å². The molecule has 7 nitrogen and oxygen atoms in total. The smallest absolute Gasteiger partial charge is 0.277 e. The van der Waals surface area contributed by atoms with E-state index in [0.717, 1.165) is 22.5 Å². The Morgan fingerprint density at radius 2 is 1.44 bits per heavy atom. The average Bonchev–Trinajstić information content (AvgIpc) is 3.25. The maximum Gasteiger partial charge on any atom is 0.277 e. The van der Waals surface area contributed by atoms with Gasteiger partial charge in [-0.15, -0.1) is 0 Å². The standard InChI is InChI=1S/C27H21N5O2/c1-18-17-22(32(31-18)21-15-9-4-10-16-21)28-26(33)24-23(19-11-5-2-6-12-19)25(29-30-27(24)34)20-13-7-3-8-14-20/h2-17H,1H3,(H,28,33)(H,30,34). The lowest BCUT2D eigenvalue weighted by Gasteiger charge is -2.14. The highest BCUT2D eigenvalue weighted by atomic mass is 16.2. The molecule has 0 radical (unpaired) electrons. The maximum atomic E-state index is 13.6. The van der Waals surface area contributed by atoms with Crippen LogP contribution in [0.2, 0.25) is 0 Å². The van der Waals surface area contributed by atoms with Crippen LogP contribution in [0.15, 0.2) is 102 Å². The van der Waals surface area contributed by atoms with Gasteiger partial charge in [-0.3, -0.25) is 9.59 Å². The van der Waals surface area contributed by atoms with Crippen molar-refractivity contribution in [3.8, 4) is 28.1 Å². The van der Waals surface area contributed by atoms with Crippen molar-refractivity contribution in [3.63, 3.8) is 0 Å². The summed E-state index contributed by atoms with van der Waals surface area (Å²) in [7, 11) is 0. The number of para-hydroxylation sites is 1. The largest absolute Gasteiger partial charge is 0.306 e. The van der Waals surface area contributed by atoms with E-state index in [4.69, 9.17) is 0 Å². The summed E-state index contributed by atoms with van der Waals surface area (Å²) in [6.45, 7) is 1.84. The summed E-state index contributed by atoms with van der Waals surface area (Å²) in [6, 6.07) is 30.0. The SMILES string of the molecule is Cc1cc(NC(=O)c2c(-c3ccccc3)c(-c3ccccc3)n[nH]c2=O)n(-c2ccccc2)n1. The molecule has 0 spiro atoms. The number of carbonyl (C=O) groups is 1. The van der Waals surface area contributed by atoms with Crippen LogP contribution in [-0.4, -0.2) is 25.9 Å². The first-order valence-corrected chi connectivity index (χ1v) is 10.8. The zero-order chi connectivity index (χ0) is 23.5. The summed E-state index contributed by atoms with van der Waals surface area (Å²) in [5.41, 5.74) is 3.44. The van der Waals surface area contributed by atoms with Gasteiger partial charge in [-0.2, -0.15) is 10.2 Å². The molecular formula is C27H21N5O2. The monoisotopic (exact) mass is 447 g/mol. The summed E-state index contributed by atoms with van der Waals surface area (Å²) in [4.78, 5) is 26.6. The third-order valence-electron chi connectivity index (χ3n) is 5.39. The van der Waals surface area contributed by atoms with Gasteiger partial charge in [-0.1, -0.05) is 78.9 Å². The Morgan fingerprint density at radius 3 is 2.09 bits per heavy atom. The molecule has 0 saturated heterocycles. The Morgan fingerprint density at radius 1 is 0.853 bits per heavy atom. The zero-order valence-electron chi connectivity index (χ0n) is 18.4. The predicted molar refractivity (Wildman–Crippen MR) is 132 cm³/mol. The molecule has 0 aliphatic heterocycles. The molecule has 34 heavy (non-hydrogen) atoms. The van der Waals surface area contributed by atoms with Gasteiger partial charge in [0.05, 0.1) is 17.1 Å².